The molecule has 0 bridgehead atoms. The average Bonchev–Trinajstić information content (AvgIpc) is 1.84. The Labute approximate surface area is 50.7 Å². The number of rotatable bonds is 2. The SMILES string of the molecule is CCC(C)N(C)C#N. The first-order chi connectivity index (χ1) is 3.72. The van der Waals surface area contributed by atoms with Gasteiger partial charge in [0.1, 0.15) is 0 Å². The average molecular weight is 112 g/mol. The summed E-state index contributed by atoms with van der Waals surface area (Å²) in [5, 5.41) is 8.31. The Morgan fingerprint density at radius 2 is 2.25 bits per heavy atom. The molecule has 0 heterocycles. The summed E-state index contributed by atoms with van der Waals surface area (Å²) in [5.41, 5.74) is 0. The molecule has 0 amide bonds. The monoisotopic (exact) mass is 112 g/mol. The van der Waals surface area contributed by atoms with Gasteiger partial charge in [0.25, 0.3) is 0 Å². The van der Waals surface area contributed by atoms with Crippen LogP contribution in [0.3, 0.4) is 0 Å². The van der Waals surface area contributed by atoms with Crippen molar-refractivity contribution in [3.05, 3.63) is 0 Å². The molecule has 0 aromatic heterocycles. The fraction of sp³-hybridized carbons (Fsp3) is 0.833. The third-order valence-electron chi connectivity index (χ3n) is 1.41. The molecule has 0 saturated heterocycles. The van der Waals surface area contributed by atoms with E-state index in [9.17, 15) is 0 Å². The van der Waals surface area contributed by atoms with Crippen molar-refractivity contribution >= 4 is 0 Å². The molecule has 46 valence electrons. The van der Waals surface area contributed by atoms with Gasteiger partial charge in [-0.15, -0.1) is 0 Å². The lowest BCUT2D eigenvalue weighted by molar-refractivity contribution is 0.357. The van der Waals surface area contributed by atoms with E-state index in [0.29, 0.717) is 6.04 Å². The Morgan fingerprint density at radius 3 is 2.38 bits per heavy atom. The summed E-state index contributed by atoms with van der Waals surface area (Å²) in [4.78, 5) is 1.65. The van der Waals surface area contributed by atoms with E-state index in [2.05, 4.69) is 6.92 Å². The molecule has 0 radical (unpaired) electrons. The largest absolute Gasteiger partial charge is 0.311 e. The van der Waals surface area contributed by atoms with E-state index in [1.54, 1.807) is 11.9 Å². The van der Waals surface area contributed by atoms with Crippen LogP contribution in [0.25, 0.3) is 0 Å². The smallest absolute Gasteiger partial charge is 0.179 e. The molecular formula is C6H12N2. The molecule has 2 nitrogen and oxygen atoms in total. The number of nitriles is 1. The fourth-order valence-corrected chi connectivity index (χ4v) is 0.372. The molecule has 0 fully saturated rings. The zero-order valence-corrected chi connectivity index (χ0v) is 5.68. The minimum atomic E-state index is 0.389. The molecule has 0 spiro atoms. The van der Waals surface area contributed by atoms with Gasteiger partial charge in [-0.05, 0) is 13.3 Å². The first-order valence-electron chi connectivity index (χ1n) is 2.85. The summed E-state index contributed by atoms with van der Waals surface area (Å²) in [6.45, 7) is 4.10. The Kier molecular flexibility index (Phi) is 3.02. The molecule has 0 aliphatic heterocycles. The van der Waals surface area contributed by atoms with E-state index in [0.717, 1.165) is 6.42 Å². The Morgan fingerprint density at radius 1 is 1.75 bits per heavy atom. The minimum absolute atomic E-state index is 0.389. The summed E-state index contributed by atoms with van der Waals surface area (Å²) >= 11 is 0. The van der Waals surface area contributed by atoms with Crippen LogP contribution in [0.15, 0.2) is 0 Å². The van der Waals surface area contributed by atoms with Crippen LogP contribution in [0, 0.1) is 11.5 Å². The highest BCUT2D eigenvalue weighted by Gasteiger charge is 2.00. The predicted molar refractivity (Wildman–Crippen MR) is 33.1 cm³/mol. The highest BCUT2D eigenvalue weighted by atomic mass is 15.1. The first-order valence-corrected chi connectivity index (χ1v) is 2.85. The van der Waals surface area contributed by atoms with E-state index in [1.165, 1.54) is 0 Å². The maximum absolute atomic E-state index is 8.31. The molecule has 0 rings (SSSR count). The topological polar surface area (TPSA) is 27.0 Å². The van der Waals surface area contributed by atoms with Gasteiger partial charge in [-0.25, -0.2) is 0 Å². The zero-order chi connectivity index (χ0) is 6.57. The predicted octanol–water partition coefficient (Wildman–Crippen LogP) is 1.20. The van der Waals surface area contributed by atoms with E-state index < -0.39 is 0 Å². The van der Waals surface area contributed by atoms with Gasteiger partial charge in [-0.3, -0.25) is 0 Å². The molecule has 8 heavy (non-hydrogen) atoms. The zero-order valence-electron chi connectivity index (χ0n) is 5.68. The molecule has 0 aromatic rings. The third kappa shape index (κ3) is 1.83. The third-order valence-corrected chi connectivity index (χ3v) is 1.41. The second-order valence-corrected chi connectivity index (χ2v) is 1.97. The van der Waals surface area contributed by atoms with E-state index in [4.69, 9.17) is 5.26 Å². The van der Waals surface area contributed by atoms with Crippen molar-refractivity contribution in [1.29, 1.82) is 5.26 Å². The normalized spacial score (nSPS) is 12.2. The summed E-state index contributed by atoms with van der Waals surface area (Å²) < 4.78 is 0. The van der Waals surface area contributed by atoms with Gasteiger partial charge in [-0.2, -0.15) is 5.26 Å². The van der Waals surface area contributed by atoms with Gasteiger partial charge in [-0.1, -0.05) is 6.92 Å². The molecule has 0 aliphatic carbocycles. The highest BCUT2D eigenvalue weighted by molar-refractivity contribution is 4.73. The van der Waals surface area contributed by atoms with Crippen molar-refractivity contribution < 1.29 is 0 Å². The molecular weight excluding hydrogens is 100 g/mol. The summed E-state index contributed by atoms with van der Waals surface area (Å²) in [6, 6.07) is 0.389. The van der Waals surface area contributed by atoms with Crippen LogP contribution in [-0.4, -0.2) is 18.0 Å². The maximum atomic E-state index is 8.31. The molecule has 1 atom stereocenters. The van der Waals surface area contributed by atoms with Gasteiger partial charge >= 0.3 is 0 Å². The van der Waals surface area contributed by atoms with Gasteiger partial charge in [0, 0.05) is 13.1 Å². The van der Waals surface area contributed by atoms with Crippen molar-refractivity contribution in [2.75, 3.05) is 7.05 Å². The van der Waals surface area contributed by atoms with Gasteiger partial charge in [0.15, 0.2) is 6.19 Å². The van der Waals surface area contributed by atoms with Crippen LogP contribution < -0.4 is 0 Å². The van der Waals surface area contributed by atoms with E-state index >= 15 is 0 Å². The lowest BCUT2D eigenvalue weighted by atomic mass is 10.2. The number of hydrogen-bond donors (Lipinski definition) is 0. The van der Waals surface area contributed by atoms with Crippen LogP contribution in [0.2, 0.25) is 0 Å². The number of hydrogen-bond acceptors (Lipinski definition) is 2. The minimum Gasteiger partial charge on any atom is -0.311 e. The second kappa shape index (κ2) is 3.31. The lowest BCUT2D eigenvalue weighted by Gasteiger charge is -2.15. The molecule has 2 heteroatoms. The standard InChI is InChI=1S/C6H12N2/c1-4-6(2)8(3)5-7/h6H,4H2,1-3H3. The van der Waals surface area contributed by atoms with Crippen LogP contribution in [0.4, 0.5) is 0 Å². The Bertz CT molecular complexity index is 93.2. The number of nitrogens with zero attached hydrogens (tertiary/aromatic N) is 2. The van der Waals surface area contributed by atoms with Gasteiger partial charge in [0.05, 0.1) is 0 Å². The van der Waals surface area contributed by atoms with Crippen molar-refractivity contribution in [3.63, 3.8) is 0 Å². The molecule has 1 unspecified atom stereocenters. The Balaban J connectivity index is 3.49. The van der Waals surface area contributed by atoms with Crippen LogP contribution in [0.1, 0.15) is 20.3 Å². The maximum Gasteiger partial charge on any atom is 0.179 e. The summed E-state index contributed by atoms with van der Waals surface area (Å²) in [5.74, 6) is 0. The van der Waals surface area contributed by atoms with Crippen molar-refractivity contribution in [2.24, 2.45) is 0 Å². The fourth-order valence-electron chi connectivity index (χ4n) is 0.372. The summed E-state index contributed by atoms with van der Waals surface area (Å²) in [7, 11) is 1.80. The molecule has 0 saturated carbocycles. The van der Waals surface area contributed by atoms with Crippen LogP contribution in [0.5, 0.6) is 0 Å². The van der Waals surface area contributed by atoms with E-state index in [-0.39, 0.29) is 0 Å². The Hall–Kier alpha value is -0.710. The van der Waals surface area contributed by atoms with Crippen molar-refractivity contribution in [3.8, 4) is 6.19 Å². The molecule has 0 N–H and O–H groups in total. The van der Waals surface area contributed by atoms with Gasteiger partial charge in [0.2, 0.25) is 0 Å². The van der Waals surface area contributed by atoms with Gasteiger partial charge < -0.3 is 4.90 Å². The van der Waals surface area contributed by atoms with Crippen molar-refractivity contribution in [1.82, 2.24) is 4.90 Å². The molecule has 0 aromatic carbocycles. The summed E-state index contributed by atoms with van der Waals surface area (Å²) in [6.07, 6.45) is 3.08. The first kappa shape index (κ1) is 7.29. The quantitative estimate of drug-likeness (QED) is 0.396. The molecule has 0 aliphatic rings. The second-order valence-electron chi connectivity index (χ2n) is 1.97. The van der Waals surface area contributed by atoms with Crippen LogP contribution >= 0.6 is 0 Å². The lowest BCUT2D eigenvalue weighted by Crippen LogP contribution is -2.22. The highest BCUT2D eigenvalue weighted by Crippen LogP contribution is 1.95. The van der Waals surface area contributed by atoms with Crippen LogP contribution in [-0.2, 0) is 0 Å². The van der Waals surface area contributed by atoms with E-state index in [1.807, 2.05) is 13.1 Å². The van der Waals surface area contributed by atoms with Crippen molar-refractivity contribution in [2.45, 2.75) is 26.3 Å².